The highest BCUT2D eigenvalue weighted by atomic mass is 32.2. The number of ether oxygens (including phenoxy) is 2. The molecule has 6 nitrogen and oxygen atoms in total. The van der Waals surface area contributed by atoms with Crippen molar-refractivity contribution in [1.82, 2.24) is 0 Å². The number of rotatable bonds is 8. The smallest absolute Gasteiger partial charge is 0.338 e. The number of nitrogens with one attached hydrogen (secondary N) is 1. The SMILES string of the molecule is CCOC(=O)c1ccc(NC(=O)COC(=O)CSc2ccccc2)cc1. The highest BCUT2D eigenvalue weighted by Gasteiger charge is 2.10. The van der Waals surface area contributed by atoms with Crippen molar-refractivity contribution in [3.05, 3.63) is 60.2 Å². The van der Waals surface area contributed by atoms with Crippen LogP contribution in [0.1, 0.15) is 17.3 Å². The third kappa shape index (κ3) is 6.60. The van der Waals surface area contributed by atoms with Gasteiger partial charge in [0.1, 0.15) is 0 Å². The predicted molar refractivity (Wildman–Crippen MR) is 99.2 cm³/mol. The molecule has 2 rings (SSSR count). The Morgan fingerprint density at radius 2 is 1.65 bits per heavy atom. The van der Waals surface area contributed by atoms with E-state index in [1.54, 1.807) is 31.2 Å². The zero-order chi connectivity index (χ0) is 18.8. The number of amides is 1. The fraction of sp³-hybridized carbons (Fsp3) is 0.211. The minimum Gasteiger partial charge on any atom is -0.462 e. The first-order valence-corrected chi connectivity index (χ1v) is 8.97. The van der Waals surface area contributed by atoms with Gasteiger partial charge in [-0.3, -0.25) is 9.59 Å². The first-order valence-electron chi connectivity index (χ1n) is 7.99. The number of esters is 2. The van der Waals surface area contributed by atoms with Crippen LogP contribution >= 0.6 is 11.8 Å². The standard InChI is InChI=1S/C19H19NO5S/c1-2-24-19(23)14-8-10-15(11-9-14)20-17(21)12-25-18(22)13-26-16-6-4-3-5-7-16/h3-11H,2,12-13H2,1H3,(H,20,21). The van der Waals surface area contributed by atoms with Gasteiger partial charge in [0, 0.05) is 10.6 Å². The Morgan fingerprint density at radius 1 is 0.962 bits per heavy atom. The first kappa shape index (κ1) is 19.5. The summed E-state index contributed by atoms with van der Waals surface area (Å²) in [6.45, 7) is 1.66. The average Bonchev–Trinajstić information content (AvgIpc) is 2.66. The molecule has 0 radical (unpaired) electrons. The Hall–Kier alpha value is -2.80. The van der Waals surface area contributed by atoms with E-state index in [-0.39, 0.29) is 12.4 Å². The molecule has 2 aromatic carbocycles. The number of hydrogen-bond donors (Lipinski definition) is 1. The Bertz CT molecular complexity index is 746. The van der Waals surface area contributed by atoms with Crippen LogP contribution in [-0.4, -0.2) is 36.8 Å². The van der Waals surface area contributed by atoms with Gasteiger partial charge >= 0.3 is 11.9 Å². The molecule has 0 unspecified atom stereocenters. The third-order valence-electron chi connectivity index (χ3n) is 3.14. The molecule has 0 saturated carbocycles. The second-order valence-electron chi connectivity index (χ2n) is 5.11. The van der Waals surface area contributed by atoms with Crippen molar-refractivity contribution in [3.8, 4) is 0 Å². The van der Waals surface area contributed by atoms with Gasteiger partial charge in [0.15, 0.2) is 6.61 Å². The van der Waals surface area contributed by atoms with Crippen LogP contribution in [0.3, 0.4) is 0 Å². The molecule has 26 heavy (non-hydrogen) atoms. The fourth-order valence-electron chi connectivity index (χ4n) is 1.95. The van der Waals surface area contributed by atoms with Crippen LogP contribution in [0.15, 0.2) is 59.5 Å². The molecule has 0 fully saturated rings. The van der Waals surface area contributed by atoms with E-state index in [1.165, 1.54) is 11.8 Å². The molecule has 1 amide bonds. The molecule has 7 heteroatoms. The lowest BCUT2D eigenvalue weighted by Gasteiger charge is -2.07. The second kappa shape index (κ2) is 10.2. The molecule has 1 N–H and O–H groups in total. The maximum Gasteiger partial charge on any atom is 0.338 e. The van der Waals surface area contributed by atoms with Crippen LogP contribution in [0.25, 0.3) is 0 Å². The quantitative estimate of drug-likeness (QED) is 0.565. The molecule has 0 saturated heterocycles. The lowest BCUT2D eigenvalue weighted by atomic mass is 10.2. The van der Waals surface area contributed by atoms with Crippen molar-refractivity contribution < 1.29 is 23.9 Å². The van der Waals surface area contributed by atoms with Gasteiger partial charge in [0.05, 0.1) is 17.9 Å². The van der Waals surface area contributed by atoms with Gasteiger partial charge in [-0.25, -0.2) is 4.79 Å². The largest absolute Gasteiger partial charge is 0.462 e. The molecule has 0 spiro atoms. The van der Waals surface area contributed by atoms with Gasteiger partial charge in [-0.15, -0.1) is 11.8 Å². The first-order chi connectivity index (χ1) is 12.6. The molecule has 0 aromatic heterocycles. The number of anilines is 1. The molecule has 0 bridgehead atoms. The van der Waals surface area contributed by atoms with E-state index in [2.05, 4.69) is 5.32 Å². The summed E-state index contributed by atoms with van der Waals surface area (Å²) >= 11 is 1.34. The maximum atomic E-state index is 11.8. The Kier molecular flexibility index (Phi) is 7.70. The van der Waals surface area contributed by atoms with Gasteiger partial charge in [-0.1, -0.05) is 18.2 Å². The monoisotopic (exact) mass is 373 g/mol. The summed E-state index contributed by atoms with van der Waals surface area (Å²) in [6, 6.07) is 15.7. The van der Waals surface area contributed by atoms with Crippen LogP contribution in [0.2, 0.25) is 0 Å². The highest BCUT2D eigenvalue weighted by molar-refractivity contribution is 8.00. The average molecular weight is 373 g/mol. The zero-order valence-corrected chi connectivity index (χ0v) is 15.1. The Labute approximate surface area is 155 Å². The van der Waals surface area contributed by atoms with Gasteiger partial charge in [-0.2, -0.15) is 0 Å². The van der Waals surface area contributed by atoms with Crippen molar-refractivity contribution in [2.75, 3.05) is 24.3 Å². The maximum absolute atomic E-state index is 11.8. The summed E-state index contributed by atoms with van der Waals surface area (Å²) in [5, 5.41) is 2.59. The van der Waals surface area contributed by atoms with E-state index in [9.17, 15) is 14.4 Å². The second-order valence-corrected chi connectivity index (χ2v) is 6.16. The van der Waals surface area contributed by atoms with E-state index >= 15 is 0 Å². The van der Waals surface area contributed by atoms with Gasteiger partial charge in [-0.05, 0) is 43.3 Å². The molecule has 0 atom stereocenters. The summed E-state index contributed by atoms with van der Waals surface area (Å²) in [5.41, 5.74) is 0.895. The number of hydrogen-bond acceptors (Lipinski definition) is 6. The third-order valence-corrected chi connectivity index (χ3v) is 4.13. The minimum absolute atomic E-state index is 0.130. The van der Waals surface area contributed by atoms with Crippen molar-refractivity contribution >= 4 is 35.3 Å². The number of benzene rings is 2. The van der Waals surface area contributed by atoms with E-state index in [0.29, 0.717) is 17.9 Å². The molecule has 2 aromatic rings. The zero-order valence-electron chi connectivity index (χ0n) is 14.3. The molecular formula is C19H19NO5S. The van der Waals surface area contributed by atoms with Gasteiger partial charge in [0.25, 0.3) is 5.91 Å². The fourth-order valence-corrected chi connectivity index (χ4v) is 2.67. The summed E-state index contributed by atoms with van der Waals surface area (Å²) in [4.78, 5) is 36.0. The lowest BCUT2D eigenvalue weighted by molar-refractivity contribution is -0.144. The van der Waals surface area contributed by atoms with E-state index < -0.39 is 17.8 Å². The molecule has 136 valence electrons. The Morgan fingerprint density at radius 3 is 2.31 bits per heavy atom. The van der Waals surface area contributed by atoms with Crippen molar-refractivity contribution in [2.24, 2.45) is 0 Å². The minimum atomic E-state index is -0.466. The normalized spacial score (nSPS) is 10.0. The number of carbonyl (C=O) groups is 3. The predicted octanol–water partition coefficient (Wildman–Crippen LogP) is 3.14. The van der Waals surface area contributed by atoms with Crippen molar-refractivity contribution in [3.63, 3.8) is 0 Å². The summed E-state index contributed by atoms with van der Waals surface area (Å²) in [6.07, 6.45) is 0. The summed E-state index contributed by atoms with van der Waals surface area (Å²) < 4.78 is 9.83. The topological polar surface area (TPSA) is 81.7 Å². The summed E-state index contributed by atoms with van der Waals surface area (Å²) in [7, 11) is 0. The van der Waals surface area contributed by atoms with Crippen LogP contribution in [0.4, 0.5) is 5.69 Å². The van der Waals surface area contributed by atoms with Gasteiger partial charge in [0.2, 0.25) is 0 Å². The van der Waals surface area contributed by atoms with Crippen LogP contribution in [0.5, 0.6) is 0 Å². The van der Waals surface area contributed by atoms with Crippen LogP contribution in [-0.2, 0) is 19.1 Å². The van der Waals surface area contributed by atoms with E-state index in [4.69, 9.17) is 9.47 Å². The van der Waals surface area contributed by atoms with Gasteiger partial charge < -0.3 is 14.8 Å². The molecule has 0 heterocycles. The highest BCUT2D eigenvalue weighted by Crippen LogP contribution is 2.16. The lowest BCUT2D eigenvalue weighted by Crippen LogP contribution is -2.21. The molecular weight excluding hydrogens is 354 g/mol. The van der Waals surface area contributed by atoms with E-state index in [1.807, 2.05) is 30.3 Å². The Balaban J connectivity index is 1.72. The summed E-state index contributed by atoms with van der Waals surface area (Å²) in [5.74, 6) is -1.21. The molecule has 0 aliphatic heterocycles. The van der Waals surface area contributed by atoms with Crippen LogP contribution in [0, 0.1) is 0 Å². The van der Waals surface area contributed by atoms with Crippen molar-refractivity contribution in [1.29, 1.82) is 0 Å². The molecule has 0 aliphatic rings. The number of thioether (sulfide) groups is 1. The van der Waals surface area contributed by atoms with Crippen molar-refractivity contribution in [2.45, 2.75) is 11.8 Å². The van der Waals surface area contributed by atoms with E-state index in [0.717, 1.165) is 4.90 Å². The van der Waals surface area contributed by atoms with Crippen LogP contribution < -0.4 is 5.32 Å². The number of carbonyl (C=O) groups excluding carboxylic acids is 3. The molecule has 0 aliphatic carbocycles.